The van der Waals surface area contributed by atoms with Crippen LogP contribution in [-0.4, -0.2) is 6.36 Å². The van der Waals surface area contributed by atoms with Gasteiger partial charge in [0.25, 0.3) is 0 Å². The van der Waals surface area contributed by atoms with Crippen LogP contribution in [0.3, 0.4) is 0 Å². The zero-order chi connectivity index (χ0) is 22.8. The number of hydrogen-bond donors (Lipinski definition) is 0. The minimum absolute atomic E-state index is 0.186. The highest BCUT2D eigenvalue weighted by Gasteiger charge is 2.33. The molecule has 3 aromatic rings. The summed E-state index contributed by atoms with van der Waals surface area (Å²) < 4.78 is 56.4. The van der Waals surface area contributed by atoms with Crippen molar-refractivity contribution in [2.45, 2.75) is 70.1 Å². The largest absolute Gasteiger partial charge is 0.573 e. The SMILES string of the molecule is CCCCC1(c2ccc3c(F)c(-c4ccc(OC(F)(F)F)cc4)ccc3c2)CCCCC1. The molecule has 4 rings (SSSR count). The van der Waals surface area contributed by atoms with Gasteiger partial charge in [-0.3, -0.25) is 0 Å². The lowest BCUT2D eigenvalue weighted by Gasteiger charge is -2.38. The quantitative estimate of drug-likeness (QED) is 0.345. The van der Waals surface area contributed by atoms with Crippen LogP contribution in [0.4, 0.5) is 17.6 Å². The van der Waals surface area contributed by atoms with E-state index in [0.717, 1.165) is 5.39 Å². The highest BCUT2D eigenvalue weighted by molar-refractivity contribution is 5.89. The van der Waals surface area contributed by atoms with E-state index in [1.807, 2.05) is 12.1 Å². The van der Waals surface area contributed by atoms with Crippen molar-refractivity contribution >= 4 is 10.8 Å². The number of rotatable bonds is 6. The van der Waals surface area contributed by atoms with Gasteiger partial charge in [-0.15, -0.1) is 13.2 Å². The predicted molar refractivity (Wildman–Crippen MR) is 120 cm³/mol. The molecule has 0 heterocycles. The maximum atomic E-state index is 15.4. The van der Waals surface area contributed by atoms with Gasteiger partial charge in [0.1, 0.15) is 11.6 Å². The van der Waals surface area contributed by atoms with Crippen molar-refractivity contribution in [3.63, 3.8) is 0 Å². The first-order chi connectivity index (χ1) is 15.3. The molecule has 0 saturated heterocycles. The van der Waals surface area contributed by atoms with Crippen molar-refractivity contribution in [2.24, 2.45) is 0 Å². The molecule has 1 aliphatic carbocycles. The molecule has 0 bridgehead atoms. The minimum Gasteiger partial charge on any atom is -0.406 e. The smallest absolute Gasteiger partial charge is 0.406 e. The van der Waals surface area contributed by atoms with E-state index in [2.05, 4.69) is 23.8 Å². The van der Waals surface area contributed by atoms with Crippen LogP contribution in [-0.2, 0) is 5.41 Å². The highest BCUT2D eigenvalue weighted by atomic mass is 19.4. The maximum Gasteiger partial charge on any atom is 0.573 e. The molecule has 0 aliphatic heterocycles. The first-order valence-corrected chi connectivity index (χ1v) is 11.4. The minimum atomic E-state index is -4.75. The standard InChI is InChI=1S/C27H28F4O/c1-2-3-15-26(16-5-4-6-17-26)21-10-14-24-20(18-21)9-13-23(25(24)28)19-7-11-22(12-8-19)32-27(29,30)31/h7-14,18H,2-6,15-17H2,1H3. The van der Waals surface area contributed by atoms with Crippen molar-refractivity contribution < 1.29 is 22.3 Å². The summed E-state index contributed by atoms with van der Waals surface area (Å²) in [5, 5.41) is 1.39. The summed E-state index contributed by atoms with van der Waals surface area (Å²) in [6.07, 6.45) is 4.91. The molecule has 0 spiro atoms. The van der Waals surface area contributed by atoms with Crippen molar-refractivity contribution in [2.75, 3.05) is 0 Å². The third-order valence-electron chi connectivity index (χ3n) is 6.78. The molecule has 0 atom stereocenters. The molecule has 0 N–H and O–H groups in total. The maximum absolute atomic E-state index is 15.4. The lowest BCUT2D eigenvalue weighted by molar-refractivity contribution is -0.274. The fraction of sp³-hybridized carbons (Fsp3) is 0.407. The molecule has 1 aliphatic rings. The van der Waals surface area contributed by atoms with Gasteiger partial charge >= 0.3 is 6.36 Å². The van der Waals surface area contributed by atoms with E-state index in [-0.39, 0.29) is 17.0 Å². The molecular formula is C27H28F4O. The van der Waals surface area contributed by atoms with Gasteiger partial charge in [0.05, 0.1) is 0 Å². The Morgan fingerprint density at radius 1 is 0.906 bits per heavy atom. The zero-order valence-electron chi connectivity index (χ0n) is 18.3. The Morgan fingerprint density at radius 2 is 1.62 bits per heavy atom. The number of unbranched alkanes of at least 4 members (excludes halogenated alkanes) is 1. The highest BCUT2D eigenvalue weighted by Crippen LogP contribution is 2.44. The number of benzene rings is 3. The first kappa shape index (κ1) is 22.6. The summed E-state index contributed by atoms with van der Waals surface area (Å²) in [5.41, 5.74) is 2.36. The van der Waals surface area contributed by atoms with Crippen LogP contribution in [0.1, 0.15) is 63.9 Å². The Hall–Kier alpha value is -2.56. The average Bonchev–Trinajstić information content (AvgIpc) is 2.78. The topological polar surface area (TPSA) is 9.23 Å². The Kier molecular flexibility index (Phi) is 6.45. The molecular weight excluding hydrogens is 416 g/mol. The summed E-state index contributed by atoms with van der Waals surface area (Å²) in [7, 11) is 0. The molecule has 0 unspecified atom stereocenters. The monoisotopic (exact) mass is 444 g/mol. The van der Waals surface area contributed by atoms with E-state index in [0.29, 0.717) is 16.5 Å². The van der Waals surface area contributed by atoms with Gasteiger partial charge in [0, 0.05) is 10.9 Å². The fourth-order valence-corrected chi connectivity index (χ4v) is 5.11. The lowest BCUT2D eigenvalue weighted by atomic mass is 9.66. The van der Waals surface area contributed by atoms with Gasteiger partial charge in [-0.25, -0.2) is 4.39 Å². The van der Waals surface area contributed by atoms with E-state index < -0.39 is 6.36 Å². The zero-order valence-corrected chi connectivity index (χ0v) is 18.3. The molecule has 0 radical (unpaired) electrons. The van der Waals surface area contributed by atoms with Crippen molar-refractivity contribution in [3.8, 4) is 16.9 Å². The van der Waals surface area contributed by atoms with Gasteiger partial charge in [-0.1, -0.05) is 81.5 Å². The molecule has 32 heavy (non-hydrogen) atoms. The van der Waals surface area contributed by atoms with E-state index in [9.17, 15) is 13.2 Å². The van der Waals surface area contributed by atoms with Gasteiger partial charge < -0.3 is 4.74 Å². The second kappa shape index (κ2) is 9.13. The number of halogens is 4. The Balaban J connectivity index is 1.66. The van der Waals surface area contributed by atoms with Crippen LogP contribution in [0.25, 0.3) is 21.9 Å². The van der Waals surface area contributed by atoms with Crippen LogP contribution in [0.2, 0.25) is 0 Å². The van der Waals surface area contributed by atoms with E-state index >= 15 is 4.39 Å². The Bertz CT molecular complexity index is 1060. The van der Waals surface area contributed by atoms with Gasteiger partial charge in [0.2, 0.25) is 0 Å². The second-order valence-electron chi connectivity index (χ2n) is 8.88. The average molecular weight is 445 g/mol. The number of alkyl halides is 3. The van der Waals surface area contributed by atoms with Crippen LogP contribution in [0.15, 0.2) is 54.6 Å². The van der Waals surface area contributed by atoms with Crippen LogP contribution in [0, 0.1) is 5.82 Å². The van der Waals surface area contributed by atoms with E-state index in [1.54, 1.807) is 6.07 Å². The molecule has 0 amide bonds. The lowest BCUT2D eigenvalue weighted by Crippen LogP contribution is -2.29. The third kappa shape index (κ3) is 4.77. The second-order valence-corrected chi connectivity index (χ2v) is 8.88. The molecule has 5 heteroatoms. The van der Waals surface area contributed by atoms with Gasteiger partial charge in [-0.2, -0.15) is 0 Å². The van der Waals surface area contributed by atoms with Crippen LogP contribution in [0.5, 0.6) is 5.75 Å². The fourth-order valence-electron chi connectivity index (χ4n) is 5.11. The molecule has 170 valence electrons. The molecule has 3 aromatic carbocycles. The predicted octanol–water partition coefficient (Wildman–Crippen LogP) is 8.94. The summed E-state index contributed by atoms with van der Waals surface area (Å²) in [4.78, 5) is 0. The summed E-state index contributed by atoms with van der Waals surface area (Å²) >= 11 is 0. The molecule has 1 fully saturated rings. The summed E-state index contributed by atoms with van der Waals surface area (Å²) in [5.74, 6) is -0.679. The Labute approximate surface area is 186 Å². The van der Waals surface area contributed by atoms with Crippen molar-refractivity contribution in [3.05, 3.63) is 66.0 Å². The summed E-state index contributed by atoms with van der Waals surface area (Å²) in [6.45, 7) is 2.22. The number of ether oxygens (including phenoxy) is 1. The van der Waals surface area contributed by atoms with Crippen molar-refractivity contribution in [1.82, 2.24) is 0 Å². The molecule has 1 saturated carbocycles. The summed E-state index contributed by atoms with van der Waals surface area (Å²) in [6, 6.07) is 15.0. The normalized spacial score (nSPS) is 16.3. The Morgan fingerprint density at radius 3 is 2.28 bits per heavy atom. The first-order valence-electron chi connectivity index (χ1n) is 11.4. The molecule has 0 aromatic heterocycles. The molecule has 1 nitrogen and oxygen atoms in total. The van der Waals surface area contributed by atoms with E-state index in [1.165, 1.54) is 81.2 Å². The van der Waals surface area contributed by atoms with Crippen LogP contribution < -0.4 is 4.74 Å². The van der Waals surface area contributed by atoms with Crippen molar-refractivity contribution in [1.29, 1.82) is 0 Å². The van der Waals surface area contributed by atoms with Gasteiger partial charge in [0.15, 0.2) is 0 Å². The number of fused-ring (bicyclic) bond motifs is 1. The number of hydrogen-bond acceptors (Lipinski definition) is 1. The third-order valence-corrected chi connectivity index (χ3v) is 6.78. The van der Waals surface area contributed by atoms with Crippen LogP contribution >= 0.6 is 0 Å². The van der Waals surface area contributed by atoms with E-state index in [4.69, 9.17) is 0 Å². The van der Waals surface area contributed by atoms with Gasteiger partial charge in [-0.05, 0) is 53.3 Å².